The van der Waals surface area contributed by atoms with Crippen molar-refractivity contribution in [1.29, 1.82) is 0 Å². The monoisotopic (exact) mass is 185 g/mol. The van der Waals surface area contributed by atoms with E-state index in [-0.39, 0.29) is 12.4 Å². The first-order valence-corrected chi connectivity index (χ1v) is 3.96. The van der Waals surface area contributed by atoms with Crippen LogP contribution in [0.1, 0.15) is 6.92 Å². The van der Waals surface area contributed by atoms with Crippen LogP contribution in [0.4, 0.5) is 10.1 Å². The highest BCUT2D eigenvalue weighted by Gasteiger charge is 2.07. The molecule has 0 radical (unpaired) electrons. The van der Waals surface area contributed by atoms with E-state index in [0.29, 0.717) is 5.69 Å². The van der Waals surface area contributed by atoms with Crippen LogP contribution < -0.4 is 10.5 Å². The van der Waals surface area contributed by atoms with Gasteiger partial charge in [-0.2, -0.15) is 0 Å². The van der Waals surface area contributed by atoms with Crippen molar-refractivity contribution in [3.05, 3.63) is 24.0 Å². The number of rotatable bonds is 3. The molecule has 72 valence electrons. The van der Waals surface area contributed by atoms with Crippen LogP contribution in [0, 0.1) is 5.82 Å². The summed E-state index contributed by atoms with van der Waals surface area (Å²) in [5.74, 6) is -0.406. The molecule has 0 heterocycles. The van der Waals surface area contributed by atoms with Crippen molar-refractivity contribution in [2.75, 3.05) is 12.3 Å². The number of hydrogen-bond acceptors (Lipinski definition) is 3. The Morgan fingerprint density at radius 2 is 2.31 bits per heavy atom. The molecule has 0 saturated heterocycles. The minimum atomic E-state index is -0.514. The number of aliphatic hydroxyl groups excluding tert-OH is 1. The second-order valence-corrected chi connectivity index (χ2v) is 2.80. The van der Waals surface area contributed by atoms with Gasteiger partial charge in [0.15, 0.2) is 11.6 Å². The molecule has 0 bridgehead atoms. The highest BCUT2D eigenvalue weighted by atomic mass is 19.1. The minimum absolute atomic E-state index is 0.107. The van der Waals surface area contributed by atoms with E-state index in [9.17, 15) is 4.39 Å². The van der Waals surface area contributed by atoms with Crippen molar-refractivity contribution in [2.45, 2.75) is 13.0 Å². The van der Waals surface area contributed by atoms with Gasteiger partial charge in [0.05, 0.1) is 6.61 Å². The number of benzene rings is 1. The highest BCUT2D eigenvalue weighted by Crippen LogP contribution is 2.20. The number of nitrogens with two attached hydrogens (primary N) is 1. The molecule has 0 saturated carbocycles. The second kappa shape index (κ2) is 4.09. The standard InChI is InChI=1S/C9H12FNO2/c1-6(5-12)13-9-3-2-7(11)4-8(9)10/h2-4,6,12H,5,11H2,1H3/t6-/m0/s1. The Hall–Kier alpha value is -1.29. The summed E-state index contributed by atoms with van der Waals surface area (Å²) in [7, 11) is 0. The number of aliphatic hydroxyl groups is 1. The van der Waals surface area contributed by atoms with Crippen LogP contribution in [0.25, 0.3) is 0 Å². The lowest BCUT2D eigenvalue weighted by Crippen LogP contribution is -2.16. The maximum Gasteiger partial charge on any atom is 0.167 e. The first-order valence-electron chi connectivity index (χ1n) is 3.96. The smallest absolute Gasteiger partial charge is 0.167 e. The van der Waals surface area contributed by atoms with Gasteiger partial charge in [-0.05, 0) is 19.1 Å². The fourth-order valence-corrected chi connectivity index (χ4v) is 0.867. The molecule has 3 N–H and O–H groups in total. The van der Waals surface area contributed by atoms with Crippen LogP contribution in [0.15, 0.2) is 18.2 Å². The summed E-state index contributed by atoms with van der Waals surface area (Å²) in [5.41, 5.74) is 5.69. The Morgan fingerprint density at radius 3 is 2.85 bits per heavy atom. The van der Waals surface area contributed by atoms with E-state index < -0.39 is 11.9 Å². The number of ether oxygens (including phenoxy) is 1. The molecule has 0 aliphatic rings. The molecule has 1 atom stereocenters. The highest BCUT2D eigenvalue weighted by molar-refractivity contribution is 5.42. The van der Waals surface area contributed by atoms with Crippen molar-refractivity contribution in [3.63, 3.8) is 0 Å². The van der Waals surface area contributed by atoms with Crippen molar-refractivity contribution >= 4 is 5.69 Å². The quantitative estimate of drug-likeness (QED) is 0.695. The van der Waals surface area contributed by atoms with Gasteiger partial charge in [-0.15, -0.1) is 0 Å². The molecule has 0 aliphatic carbocycles. The average molecular weight is 185 g/mol. The van der Waals surface area contributed by atoms with Crippen molar-refractivity contribution in [3.8, 4) is 5.75 Å². The topological polar surface area (TPSA) is 55.5 Å². The summed E-state index contributed by atoms with van der Waals surface area (Å²) in [6, 6.07) is 4.17. The lowest BCUT2D eigenvalue weighted by molar-refractivity contribution is 0.125. The number of halogens is 1. The summed E-state index contributed by atoms with van der Waals surface area (Å²) in [4.78, 5) is 0. The van der Waals surface area contributed by atoms with Crippen molar-refractivity contribution < 1.29 is 14.2 Å². The fourth-order valence-electron chi connectivity index (χ4n) is 0.867. The molecule has 1 aromatic rings. The number of anilines is 1. The van der Waals surface area contributed by atoms with Gasteiger partial charge in [0.1, 0.15) is 6.10 Å². The molecule has 13 heavy (non-hydrogen) atoms. The van der Waals surface area contributed by atoms with Crippen LogP contribution in [0.2, 0.25) is 0 Å². The molecule has 1 rings (SSSR count). The van der Waals surface area contributed by atoms with E-state index in [1.807, 2.05) is 0 Å². The van der Waals surface area contributed by atoms with E-state index in [0.717, 1.165) is 0 Å². The van der Waals surface area contributed by atoms with Gasteiger partial charge >= 0.3 is 0 Å². The molecule has 0 unspecified atom stereocenters. The number of hydrogen-bond donors (Lipinski definition) is 2. The minimum Gasteiger partial charge on any atom is -0.485 e. The predicted octanol–water partition coefficient (Wildman–Crippen LogP) is 1.17. The normalized spacial score (nSPS) is 12.5. The Bertz CT molecular complexity index is 291. The summed E-state index contributed by atoms with van der Waals surface area (Å²) in [6.45, 7) is 1.50. The predicted molar refractivity (Wildman–Crippen MR) is 48.0 cm³/mol. The molecule has 0 fully saturated rings. The molecule has 0 aliphatic heterocycles. The Kier molecular flexibility index (Phi) is 3.08. The molecular weight excluding hydrogens is 173 g/mol. The Morgan fingerprint density at radius 1 is 1.62 bits per heavy atom. The molecule has 0 aromatic heterocycles. The summed E-state index contributed by atoms with van der Waals surface area (Å²) < 4.78 is 18.1. The summed E-state index contributed by atoms with van der Waals surface area (Å²) in [5, 5.41) is 8.67. The number of nitrogen functional groups attached to an aromatic ring is 1. The van der Waals surface area contributed by atoms with Gasteiger partial charge in [-0.1, -0.05) is 0 Å². The van der Waals surface area contributed by atoms with E-state index in [1.54, 1.807) is 13.0 Å². The largest absolute Gasteiger partial charge is 0.485 e. The first kappa shape index (κ1) is 9.80. The molecule has 0 amide bonds. The molecule has 4 heteroatoms. The van der Waals surface area contributed by atoms with E-state index >= 15 is 0 Å². The average Bonchev–Trinajstić information content (AvgIpc) is 2.09. The van der Waals surface area contributed by atoms with Gasteiger partial charge in [-0.3, -0.25) is 0 Å². The maximum absolute atomic E-state index is 13.1. The second-order valence-electron chi connectivity index (χ2n) is 2.80. The lowest BCUT2D eigenvalue weighted by Gasteiger charge is -2.12. The Balaban J connectivity index is 2.77. The maximum atomic E-state index is 13.1. The van der Waals surface area contributed by atoms with Gasteiger partial charge in [0, 0.05) is 11.8 Å². The third kappa shape index (κ3) is 2.59. The van der Waals surface area contributed by atoms with Crippen LogP contribution in [0.3, 0.4) is 0 Å². The SMILES string of the molecule is C[C@@H](CO)Oc1ccc(N)cc1F. The summed E-state index contributed by atoms with van der Waals surface area (Å²) >= 11 is 0. The van der Waals surface area contributed by atoms with Gasteiger partial charge in [-0.25, -0.2) is 4.39 Å². The Labute approximate surface area is 75.9 Å². The third-order valence-corrected chi connectivity index (χ3v) is 1.54. The zero-order chi connectivity index (χ0) is 9.84. The zero-order valence-corrected chi connectivity index (χ0v) is 7.33. The van der Waals surface area contributed by atoms with E-state index in [2.05, 4.69) is 0 Å². The van der Waals surface area contributed by atoms with Crippen LogP contribution in [-0.2, 0) is 0 Å². The first-order chi connectivity index (χ1) is 6.13. The third-order valence-electron chi connectivity index (χ3n) is 1.54. The van der Waals surface area contributed by atoms with Gasteiger partial charge in [0.25, 0.3) is 0 Å². The van der Waals surface area contributed by atoms with Crippen LogP contribution >= 0.6 is 0 Å². The van der Waals surface area contributed by atoms with Crippen LogP contribution in [0.5, 0.6) is 5.75 Å². The van der Waals surface area contributed by atoms with Crippen LogP contribution in [-0.4, -0.2) is 17.8 Å². The fraction of sp³-hybridized carbons (Fsp3) is 0.333. The molecule has 3 nitrogen and oxygen atoms in total. The van der Waals surface area contributed by atoms with Crippen molar-refractivity contribution in [2.24, 2.45) is 0 Å². The van der Waals surface area contributed by atoms with E-state index in [1.165, 1.54) is 12.1 Å². The van der Waals surface area contributed by atoms with Gasteiger partial charge < -0.3 is 15.6 Å². The summed E-state index contributed by atoms with van der Waals surface area (Å²) in [6.07, 6.45) is -0.418. The van der Waals surface area contributed by atoms with Gasteiger partial charge in [0.2, 0.25) is 0 Å². The zero-order valence-electron chi connectivity index (χ0n) is 7.33. The van der Waals surface area contributed by atoms with Crippen molar-refractivity contribution in [1.82, 2.24) is 0 Å². The molecular formula is C9H12FNO2. The molecule has 0 spiro atoms. The van der Waals surface area contributed by atoms with E-state index in [4.69, 9.17) is 15.6 Å². The lowest BCUT2D eigenvalue weighted by atomic mass is 10.3. The molecule has 1 aromatic carbocycles.